The van der Waals surface area contributed by atoms with Crippen molar-refractivity contribution in [2.24, 2.45) is 0 Å². The van der Waals surface area contributed by atoms with Gasteiger partial charge in [0.05, 0.1) is 24.5 Å². The zero-order chi connectivity index (χ0) is 19.6. The minimum absolute atomic E-state index is 0.0431. The number of ether oxygens (including phenoxy) is 1. The number of thiazole rings is 1. The van der Waals surface area contributed by atoms with Crippen molar-refractivity contribution in [3.63, 3.8) is 0 Å². The number of carbonyl (C=O) groups is 2. The number of aromatic nitrogens is 3. The summed E-state index contributed by atoms with van der Waals surface area (Å²) in [5.41, 5.74) is 7.29. The van der Waals surface area contributed by atoms with Gasteiger partial charge in [-0.1, -0.05) is 0 Å². The molecule has 2 aromatic heterocycles. The van der Waals surface area contributed by atoms with Crippen LogP contribution in [0.2, 0.25) is 0 Å². The fourth-order valence-electron chi connectivity index (χ4n) is 3.04. The molecule has 3 heterocycles. The normalized spacial score (nSPS) is 15.0. The number of anilines is 2. The summed E-state index contributed by atoms with van der Waals surface area (Å²) in [5, 5.41) is 7.73. The Balaban J connectivity index is 1.59. The Hall–Kier alpha value is -2.62. The third-order valence-corrected chi connectivity index (χ3v) is 5.66. The van der Waals surface area contributed by atoms with Gasteiger partial charge in [0.2, 0.25) is 0 Å². The third kappa shape index (κ3) is 4.05. The van der Waals surface area contributed by atoms with Gasteiger partial charge in [0.1, 0.15) is 11.4 Å². The van der Waals surface area contributed by atoms with Gasteiger partial charge in [0.25, 0.3) is 0 Å². The fourth-order valence-corrected chi connectivity index (χ4v) is 3.84. The maximum Gasteiger partial charge on any atom is 0.343 e. The maximum absolute atomic E-state index is 12.4. The first-order chi connectivity index (χ1) is 12.9. The SMILES string of the molecule is CCOC(=O)c1cnn(C2CCN(C(=O)Nc3nc(C)c(C)s3)CC2)c1N. The van der Waals surface area contributed by atoms with E-state index in [1.54, 1.807) is 16.5 Å². The number of nitrogen functional groups attached to an aromatic ring is 1. The quantitative estimate of drug-likeness (QED) is 0.773. The van der Waals surface area contributed by atoms with Crippen LogP contribution in [0.5, 0.6) is 0 Å². The van der Waals surface area contributed by atoms with E-state index in [2.05, 4.69) is 15.4 Å². The summed E-state index contributed by atoms with van der Waals surface area (Å²) < 4.78 is 6.65. The number of piperidine rings is 1. The molecule has 1 fully saturated rings. The molecular weight excluding hydrogens is 368 g/mol. The van der Waals surface area contributed by atoms with E-state index in [0.717, 1.165) is 10.6 Å². The number of nitrogens with zero attached hydrogens (tertiary/aromatic N) is 4. The number of nitrogens with one attached hydrogen (secondary N) is 1. The summed E-state index contributed by atoms with van der Waals surface area (Å²) in [4.78, 5) is 31.5. The van der Waals surface area contributed by atoms with E-state index in [4.69, 9.17) is 10.5 Å². The molecule has 0 atom stereocenters. The lowest BCUT2D eigenvalue weighted by Crippen LogP contribution is -2.41. The average molecular weight is 392 g/mol. The van der Waals surface area contributed by atoms with Crippen LogP contribution in [0.15, 0.2) is 6.20 Å². The standard InChI is InChI=1S/C17H24N6O3S/c1-4-26-15(24)13-9-19-23(14(13)18)12-5-7-22(8-6-12)17(25)21-16-20-10(2)11(3)27-16/h9,12H,4-8,18H2,1-3H3,(H,20,21,25). The van der Waals surface area contributed by atoms with Crippen molar-refractivity contribution in [1.82, 2.24) is 19.7 Å². The Morgan fingerprint density at radius 3 is 2.67 bits per heavy atom. The number of hydrogen-bond donors (Lipinski definition) is 2. The highest BCUT2D eigenvalue weighted by molar-refractivity contribution is 7.15. The van der Waals surface area contributed by atoms with Crippen LogP contribution in [0.25, 0.3) is 0 Å². The maximum atomic E-state index is 12.4. The second-order valence-electron chi connectivity index (χ2n) is 6.42. The van der Waals surface area contributed by atoms with E-state index in [9.17, 15) is 9.59 Å². The van der Waals surface area contributed by atoms with E-state index in [0.29, 0.717) is 36.9 Å². The predicted octanol–water partition coefficient (Wildman–Crippen LogP) is 2.58. The van der Waals surface area contributed by atoms with Crippen LogP contribution in [0.1, 0.15) is 46.7 Å². The molecule has 3 rings (SSSR count). The number of hydrogen-bond acceptors (Lipinski definition) is 7. The van der Waals surface area contributed by atoms with Gasteiger partial charge in [-0.2, -0.15) is 5.10 Å². The summed E-state index contributed by atoms with van der Waals surface area (Å²) >= 11 is 1.47. The fraction of sp³-hybridized carbons (Fsp3) is 0.529. The first-order valence-electron chi connectivity index (χ1n) is 8.90. The van der Waals surface area contributed by atoms with Gasteiger partial charge in [-0.3, -0.25) is 5.32 Å². The van der Waals surface area contributed by atoms with Crippen molar-refractivity contribution in [2.75, 3.05) is 30.7 Å². The van der Waals surface area contributed by atoms with Crippen LogP contribution in [0, 0.1) is 13.8 Å². The molecule has 0 saturated carbocycles. The van der Waals surface area contributed by atoms with Crippen molar-refractivity contribution in [2.45, 2.75) is 39.7 Å². The van der Waals surface area contributed by atoms with E-state index in [-0.39, 0.29) is 24.2 Å². The molecule has 3 N–H and O–H groups in total. The molecule has 1 saturated heterocycles. The van der Waals surface area contributed by atoms with Gasteiger partial charge in [-0.25, -0.2) is 19.3 Å². The highest BCUT2D eigenvalue weighted by Gasteiger charge is 2.27. The van der Waals surface area contributed by atoms with E-state index in [1.807, 2.05) is 13.8 Å². The summed E-state index contributed by atoms with van der Waals surface area (Å²) in [7, 11) is 0. The van der Waals surface area contributed by atoms with Crippen molar-refractivity contribution >= 4 is 34.3 Å². The van der Waals surface area contributed by atoms with Crippen molar-refractivity contribution in [3.05, 3.63) is 22.3 Å². The molecule has 2 amide bonds. The number of urea groups is 1. The number of rotatable bonds is 4. The molecular formula is C17H24N6O3S. The molecule has 0 bridgehead atoms. The smallest absolute Gasteiger partial charge is 0.343 e. The molecule has 9 nitrogen and oxygen atoms in total. The van der Waals surface area contributed by atoms with Gasteiger partial charge in [-0.15, -0.1) is 11.3 Å². The Morgan fingerprint density at radius 1 is 1.37 bits per heavy atom. The molecule has 1 aliphatic heterocycles. The second kappa shape index (κ2) is 7.95. The van der Waals surface area contributed by atoms with Gasteiger partial charge in [0.15, 0.2) is 5.13 Å². The monoisotopic (exact) mass is 392 g/mol. The highest BCUT2D eigenvalue weighted by atomic mass is 32.1. The van der Waals surface area contributed by atoms with Crippen LogP contribution in [0.3, 0.4) is 0 Å². The van der Waals surface area contributed by atoms with E-state index < -0.39 is 5.97 Å². The first-order valence-corrected chi connectivity index (χ1v) is 9.72. The number of nitrogens with two attached hydrogens (primary N) is 1. The molecule has 10 heteroatoms. The van der Waals surface area contributed by atoms with Gasteiger partial charge in [-0.05, 0) is 33.6 Å². The zero-order valence-corrected chi connectivity index (χ0v) is 16.5. The van der Waals surface area contributed by atoms with Crippen LogP contribution in [0.4, 0.5) is 15.7 Å². The Bertz CT molecular complexity index is 818. The number of carbonyl (C=O) groups excluding carboxylic acids is 2. The third-order valence-electron chi connectivity index (χ3n) is 4.67. The van der Waals surface area contributed by atoms with Crippen LogP contribution >= 0.6 is 11.3 Å². The molecule has 0 unspecified atom stereocenters. The molecule has 146 valence electrons. The van der Waals surface area contributed by atoms with Crippen LogP contribution < -0.4 is 11.1 Å². The Morgan fingerprint density at radius 2 is 2.07 bits per heavy atom. The number of esters is 1. The second-order valence-corrected chi connectivity index (χ2v) is 7.62. The van der Waals surface area contributed by atoms with Crippen LogP contribution in [-0.4, -0.2) is 51.4 Å². The van der Waals surface area contributed by atoms with E-state index in [1.165, 1.54) is 17.5 Å². The predicted molar refractivity (Wildman–Crippen MR) is 103 cm³/mol. The minimum Gasteiger partial charge on any atom is -0.462 e. The number of amides is 2. The van der Waals surface area contributed by atoms with Gasteiger partial charge >= 0.3 is 12.0 Å². The molecule has 27 heavy (non-hydrogen) atoms. The van der Waals surface area contributed by atoms with Gasteiger partial charge < -0.3 is 15.4 Å². The molecule has 0 spiro atoms. The average Bonchev–Trinajstić information content (AvgIpc) is 3.17. The van der Waals surface area contributed by atoms with Gasteiger partial charge in [0, 0.05) is 18.0 Å². The lowest BCUT2D eigenvalue weighted by Gasteiger charge is -2.32. The zero-order valence-electron chi connectivity index (χ0n) is 15.7. The Kier molecular flexibility index (Phi) is 5.64. The summed E-state index contributed by atoms with van der Waals surface area (Å²) in [6.45, 7) is 7.09. The first kappa shape index (κ1) is 19.2. The Labute approximate surface area is 161 Å². The molecule has 2 aromatic rings. The van der Waals surface area contributed by atoms with Crippen molar-refractivity contribution in [1.29, 1.82) is 0 Å². The number of likely N-dealkylation sites (tertiary alicyclic amines) is 1. The van der Waals surface area contributed by atoms with E-state index >= 15 is 0 Å². The molecule has 0 aromatic carbocycles. The summed E-state index contributed by atoms with van der Waals surface area (Å²) in [6.07, 6.45) is 2.86. The summed E-state index contributed by atoms with van der Waals surface area (Å²) in [5.74, 6) is -0.155. The van der Waals surface area contributed by atoms with Crippen LogP contribution in [-0.2, 0) is 4.74 Å². The molecule has 0 aliphatic carbocycles. The highest BCUT2D eigenvalue weighted by Crippen LogP contribution is 2.27. The minimum atomic E-state index is -0.466. The summed E-state index contributed by atoms with van der Waals surface area (Å²) in [6, 6.07) is -0.107. The largest absolute Gasteiger partial charge is 0.462 e. The molecule has 1 aliphatic rings. The topological polar surface area (TPSA) is 115 Å². The van der Waals surface area contributed by atoms with Crippen molar-refractivity contribution in [3.8, 4) is 0 Å². The lowest BCUT2D eigenvalue weighted by molar-refractivity contribution is 0.0527. The lowest BCUT2D eigenvalue weighted by atomic mass is 10.1. The molecule has 0 radical (unpaired) electrons. The number of aryl methyl sites for hydroxylation is 2. The van der Waals surface area contributed by atoms with Crippen molar-refractivity contribution < 1.29 is 14.3 Å².